The van der Waals surface area contributed by atoms with E-state index in [-0.39, 0.29) is 0 Å². The van der Waals surface area contributed by atoms with E-state index >= 15 is 0 Å². The van der Waals surface area contributed by atoms with Crippen molar-refractivity contribution in [1.82, 2.24) is 9.55 Å². The van der Waals surface area contributed by atoms with Gasteiger partial charge in [-0.3, -0.25) is 0 Å². The first kappa shape index (κ1) is 20.1. The van der Waals surface area contributed by atoms with E-state index in [1.165, 1.54) is 18.4 Å². The van der Waals surface area contributed by atoms with Crippen molar-refractivity contribution in [2.24, 2.45) is 0 Å². The van der Waals surface area contributed by atoms with Crippen molar-refractivity contribution in [2.75, 3.05) is 0 Å². The molecule has 1 fully saturated rings. The first-order valence-electron chi connectivity index (χ1n) is 11.2. The number of aromatic nitrogens is 2. The average Bonchev–Trinajstić information content (AvgIpc) is 3.63. The lowest BCUT2D eigenvalue weighted by Crippen LogP contribution is -2.06. The molecule has 0 atom stereocenters. The zero-order chi connectivity index (χ0) is 22.5. The number of para-hydroxylation sites is 2. The van der Waals surface area contributed by atoms with Crippen LogP contribution >= 0.6 is 11.6 Å². The van der Waals surface area contributed by atoms with Crippen LogP contribution in [0.15, 0.2) is 66.2 Å². The number of benzene rings is 3. The molecule has 0 N–H and O–H groups in total. The van der Waals surface area contributed by atoms with Gasteiger partial charge in [-0.1, -0.05) is 48.0 Å². The van der Waals surface area contributed by atoms with Gasteiger partial charge in [0.1, 0.15) is 23.7 Å². The van der Waals surface area contributed by atoms with Gasteiger partial charge >= 0.3 is 0 Å². The van der Waals surface area contributed by atoms with Crippen LogP contribution in [0, 0.1) is 11.3 Å². The average molecular weight is 452 g/mol. The van der Waals surface area contributed by atoms with Gasteiger partial charge in [0.05, 0.1) is 16.6 Å². The topological polar surface area (TPSA) is 50.8 Å². The zero-order valence-electron chi connectivity index (χ0n) is 18.3. The van der Waals surface area contributed by atoms with Crippen molar-refractivity contribution in [3.05, 3.63) is 99.3 Å². The number of imidazole rings is 1. The van der Waals surface area contributed by atoms with Gasteiger partial charge in [0.25, 0.3) is 0 Å². The SMILES string of the molecule is C/C(C#N)=C1\c2ccc(Cn3c(C4CC4)nc4c(Cl)cccc43)cc2COc2ccccc21. The Balaban J connectivity index is 1.46. The molecule has 0 spiro atoms. The van der Waals surface area contributed by atoms with Crippen molar-refractivity contribution in [2.45, 2.75) is 38.8 Å². The summed E-state index contributed by atoms with van der Waals surface area (Å²) in [6.07, 6.45) is 2.36. The first-order valence-corrected chi connectivity index (χ1v) is 11.6. The fraction of sp³-hybridized carbons (Fsp3) is 0.214. The fourth-order valence-corrected chi connectivity index (χ4v) is 5.01. The van der Waals surface area contributed by atoms with Crippen LogP contribution in [-0.4, -0.2) is 9.55 Å². The largest absolute Gasteiger partial charge is 0.488 e. The predicted molar refractivity (Wildman–Crippen MR) is 130 cm³/mol. The molecular weight excluding hydrogens is 430 g/mol. The van der Waals surface area contributed by atoms with Gasteiger partial charge in [-0.2, -0.15) is 5.26 Å². The second-order valence-corrected chi connectivity index (χ2v) is 9.23. The van der Waals surface area contributed by atoms with Crippen molar-refractivity contribution < 1.29 is 4.74 Å². The number of fused-ring (bicyclic) bond motifs is 3. The molecule has 0 saturated heterocycles. The van der Waals surface area contributed by atoms with Crippen molar-refractivity contribution in [1.29, 1.82) is 5.26 Å². The molecule has 4 nitrogen and oxygen atoms in total. The van der Waals surface area contributed by atoms with Crippen LogP contribution < -0.4 is 4.74 Å². The van der Waals surface area contributed by atoms with Crippen LogP contribution in [0.5, 0.6) is 5.75 Å². The Morgan fingerprint density at radius 3 is 2.79 bits per heavy atom. The van der Waals surface area contributed by atoms with Crippen molar-refractivity contribution in [3.8, 4) is 11.8 Å². The molecule has 1 aromatic heterocycles. The minimum atomic E-state index is 0.467. The van der Waals surface area contributed by atoms with Gasteiger partial charge in [0.2, 0.25) is 0 Å². The Labute approximate surface area is 197 Å². The molecule has 5 heteroatoms. The Morgan fingerprint density at radius 1 is 1.12 bits per heavy atom. The third kappa shape index (κ3) is 3.41. The molecule has 1 aliphatic carbocycles. The quantitative estimate of drug-likeness (QED) is 0.320. The summed E-state index contributed by atoms with van der Waals surface area (Å²) in [4.78, 5) is 4.91. The van der Waals surface area contributed by atoms with Crippen molar-refractivity contribution in [3.63, 3.8) is 0 Å². The summed E-state index contributed by atoms with van der Waals surface area (Å²) >= 11 is 6.46. The van der Waals surface area contributed by atoms with E-state index in [1.807, 2.05) is 43.3 Å². The summed E-state index contributed by atoms with van der Waals surface area (Å²) in [5.41, 5.74) is 7.88. The lowest BCUT2D eigenvalue weighted by Gasteiger charge is -2.14. The van der Waals surface area contributed by atoms with Crippen LogP contribution in [0.1, 0.15) is 53.8 Å². The molecule has 33 heavy (non-hydrogen) atoms. The summed E-state index contributed by atoms with van der Waals surface area (Å²) in [7, 11) is 0. The molecule has 6 rings (SSSR count). The normalized spacial score (nSPS) is 16.4. The first-order chi connectivity index (χ1) is 16.1. The molecule has 162 valence electrons. The lowest BCUT2D eigenvalue weighted by atomic mass is 9.90. The minimum absolute atomic E-state index is 0.467. The molecule has 4 aromatic rings. The summed E-state index contributed by atoms with van der Waals surface area (Å²) in [5.74, 6) is 2.45. The predicted octanol–water partition coefficient (Wildman–Crippen LogP) is 6.85. The zero-order valence-corrected chi connectivity index (χ0v) is 19.1. The highest BCUT2D eigenvalue weighted by Gasteiger charge is 2.30. The van der Waals surface area contributed by atoms with E-state index in [1.54, 1.807) is 0 Å². The maximum atomic E-state index is 9.70. The smallest absolute Gasteiger partial charge is 0.127 e. The van der Waals surface area contributed by atoms with Gasteiger partial charge in [-0.15, -0.1) is 0 Å². The van der Waals surface area contributed by atoms with Crippen LogP contribution in [0.3, 0.4) is 0 Å². The van der Waals surface area contributed by atoms with Gasteiger partial charge < -0.3 is 9.30 Å². The number of nitrogens with zero attached hydrogens (tertiary/aromatic N) is 3. The molecule has 2 aliphatic rings. The van der Waals surface area contributed by atoms with E-state index < -0.39 is 0 Å². The minimum Gasteiger partial charge on any atom is -0.488 e. The molecule has 0 amide bonds. The highest BCUT2D eigenvalue weighted by atomic mass is 35.5. The third-order valence-electron chi connectivity index (χ3n) is 6.56. The highest BCUT2D eigenvalue weighted by molar-refractivity contribution is 6.34. The lowest BCUT2D eigenvalue weighted by molar-refractivity contribution is 0.307. The third-order valence-corrected chi connectivity index (χ3v) is 6.87. The van der Waals surface area contributed by atoms with Gasteiger partial charge in [0, 0.05) is 29.2 Å². The van der Waals surface area contributed by atoms with Crippen LogP contribution in [0.2, 0.25) is 5.02 Å². The van der Waals surface area contributed by atoms with Gasteiger partial charge in [0.15, 0.2) is 0 Å². The maximum Gasteiger partial charge on any atom is 0.127 e. The summed E-state index contributed by atoms with van der Waals surface area (Å²) in [6, 6.07) is 22.8. The summed E-state index contributed by atoms with van der Waals surface area (Å²) in [6.45, 7) is 3.06. The fourth-order valence-electron chi connectivity index (χ4n) is 4.80. The number of ether oxygens (including phenoxy) is 1. The maximum absolute atomic E-state index is 9.70. The van der Waals surface area contributed by atoms with E-state index in [0.717, 1.165) is 51.4 Å². The van der Waals surface area contributed by atoms with Gasteiger partial charge in [-0.25, -0.2) is 4.98 Å². The summed E-state index contributed by atoms with van der Waals surface area (Å²) in [5, 5.41) is 10.4. The Morgan fingerprint density at radius 2 is 1.97 bits per heavy atom. The van der Waals surface area contributed by atoms with E-state index in [9.17, 15) is 5.26 Å². The molecule has 3 aromatic carbocycles. The van der Waals surface area contributed by atoms with E-state index in [4.69, 9.17) is 21.3 Å². The highest BCUT2D eigenvalue weighted by Crippen LogP contribution is 2.42. The standard InChI is InChI=1S/C28H22ClN3O/c1-17(14-30)26-21-12-9-18(13-20(21)16-33-25-8-3-2-5-22(25)26)15-32-24-7-4-6-23(29)27(24)31-28(32)19-10-11-19/h2-9,12-13,19H,10-11,15-16H2,1H3/b26-17-. The number of hydrogen-bond acceptors (Lipinski definition) is 3. The van der Waals surface area contributed by atoms with E-state index in [0.29, 0.717) is 23.1 Å². The number of rotatable bonds is 3. The molecule has 1 saturated carbocycles. The molecule has 1 aliphatic heterocycles. The number of nitriles is 1. The molecule has 0 radical (unpaired) electrons. The van der Waals surface area contributed by atoms with Crippen molar-refractivity contribution >= 4 is 28.2 Å². The Bertz CT molecular complexity index is 1490. The van der Waals surface area contributed by atoms with Crippen LogP contribution in [0.25, 0.3) is 16.6 Å². The molecular formula is C28H22ClN3O. The number of hydrogen-bond donors (Lipinski definition) is 0. The second-order valence-electron chi connectivity index (χ2n) is 8.83. The van der Waals surface area contributed by atoms with Crippen LogP contribution in [0.4, 0.5) is 0 Å². The Hall–Kier alpha value is -3.55. The molecule has 0 unspecified atom stereocenters. The number of halogens is 1. The number of allylic oxidation sites excluding steroid dienone is 1. The molecule has 2 heterocycles. The second kappa shape index (κ2) is 7.79. The molecule has 0 bridgehead atoms. The Kier molecular flexibility index (Phi) is 4.74. The van der Waals surface area contributed by atoms with E-state index in [2.05, 4.69) is 34.9 Å². The van der Waals surface area contributed by atoms with Gasteiger partial charge in [-0.05, 0) is 60.7 Å². The van der Waals surface area contributed by atoms with Crippen LogP contribution in [-0.2, 0) is 13.2 Å². The summed E-state index contributed by atoms with van der Waals surface area (Å²) < 4.78 is 8.48. The monoisotopic (exact) mass is 451 g/mol.